The van der Waals surface area contributed by atoms with Crippen molar-refractivity contribution in [1.29, 1.82) is 0 Å². The molecule has 3 aliphatic rings. The quantitative estimate of drug-likeness (QED) is 0.238. The molecule has 0 aromatic heterocycles. The van der Waals surface area contributed by atoms with Gasteiger partial charge in [-0.3, -0.25) is 9.59 Å². The average Bonchev–Trinajstić information content (AvgIpc) is 3.66. The summed E-state index contributed by atoms with van der Waals surface area (Å²) in [5.41, 5.74) is -4.24. The van der Waals surface area contributed by atoms with E-state index >= 15 is 0 Å². The van der Waals surface area contributed by atoms with Gasteiger partial charge in [-0.25, -0.2) is 0 Å². The number of carbonyl (C=O) groups excluding carboxylic acids is 2. The molecule has 0 saturated carbocycles. The lowest BCUT2D eigenvalue weighted by atomic mass is 9.71. The van der Waals surface area contributed by atoms with Crippen molar-refractivity contribution in [2.75, 3.05) is 32.7 Å². The molecule has 0 radical (unpaired) electrons. The molecular formula is C38H38F9N3O2. The molecule has 5 nitrogen and oxygen atoms in total. The van der Waals surface area contributed by atoms with E-state index in [0.29, 0.717) is 63.1 Å². The van der Waals surface area contributed by atoms with Crippen molar-refractivity contribution in [3.63, 3.8) is 0 Å². The monoisotopic (exact) mass is 739 g/mol. The number of hydrogen-bond acceptors (Lipinski definition) is 3. The molecule has 0 aliphatic carbocycles. The lowest BCUT2D eigenvalue weighted by Gasteiger charge is -2.48. The molecule has 2 amide bonds. The number of hydrogen-bond donors (Lipinski definition) is 0. The smallest absolute Gasteiger partial charge is 0.342 e. The van der Waals surface area contributed by atoms with E-state index in [-0.39, 0.29) is 37.4 Å². The van der Waals surface area contributed by atoms with Gasteiger partial charge in [0.2, 0.25) is 5.91 Å². The van der Waals surface area contributed by atoms with Gasteiger partial charge in [0, 0.05) is 37.3 Å². The second-order valence-corrected chi connectivity index (χ2v) is 14.0. The van der Waals surface area contributed by atoms with E-state index in [9.17, 15) is 49.1 Å². The second-order valence-electron chi connectivity index (χ2n) is 14.0. The first-order valence-corrected chi connectivity index (χ1v) is 17.3. The van der Waals surface area contributed by atoms with Gasteiger partial charge >= 0.3 is 18.5 Å². The topological polar surface area (TPSA) is 43.9 Å². The largest absolute Gasteiger partial charge is 0.416 e. The van der Waals surface area contributed by atoms with Crippen molar-refractivity contribution in [2.45, 2.75) is 81.0 Å². The SMILES string of the molecule is O=C(c1cc(C(F)(F)F)cc(C(F)(F)F)c1)N1CC[C@H](N2CCC(C(=O)N3CCCC3)(c3ccccc3)CC2)C[C@H]1Cc1ccc(C(F)(F)F)cc1. The van der Waals surface area contributed by atoms with Crippen LogP contribution in [0.3, 0.4) is 0 Å². The van der Waals surface area contributed by atoms with Gasteiger partial charge in [0.25, 0.3) is 5.91 Å². The Morgan fingerprint density at radius 1 is 0.673 bits per heavy atom. The number of carbonyl (C=O) groups is 2. The van der Waals surface area contributed by atoms with Crippen LogP contribution in [0.2, 0.25) is 0 Å². The Morgan fingerprint density at radius 3 is 1.77 bits per heavy atom. The van der Waals surface area contributed by atoms with Crippen molar-refractivity contribution < 1.29 is 49.1 Å². The van der Waals surface area contributed by atoms with Gasteiger partial charge in [0.05, 0.1) is 22.1 Å². The molecule has 3 aliphatic heterocycles. The van der Waals surface area contributed by atoms with Gasteiger partial charge in [-0.1, -0.05) is 42.5 Å². The van der Waals surface area contributed by atoms with E-state index in [1.54, 1.807) is 0 Å². The number of likely N-dealkylation sites (tertiary alicyclic amines) is 3. The minimum absolute atomic E-state index is 0.000561. The second kappa shape index (κ2) is 14.4. The fraction of sp³-hybridized carbons (Fsp3) is 0.474. The van der Waals surface area contributed by atoms with Gasteiger partial charge in [-0.05, 0) is 99.5 Å². The van der Waals surface area contributed by atoms with Crippen LogP contribution in [0.1, 0.15) is 76.7 Å². The number of piperidine rings is 2. The van der Waals surface area contributed by atoms with E-state index in [0.717, 1.165) is 30.5 Å². The summed E-state index contributed by atoms with van der Waals surface area (Å²) in [6.07, 6.45) is -11.3. The van der Waals surface area contributed by atoms with Crippen molar-refractivity contribution >= 4 is 11.8 Å². The molecule has 280 valence electrons. The first-order chi connectivity index (χ1) is 24.5. The third-order valence-electron chi connectivity index (χ3n) is 10.8. The van der Waals surface area contributed by atoms with Gasteiger partial charge in [-0.2, -0.15) is 39.5 Å². The minimum atomic E-state index is -5.15. The van der Waals surface area contributed by atoms with Crippen LogP contribution in [-0.4, -0.2) is 71.3 Å². The lowest BCUT2D eigenvalue weighted by Crippen LogP contribution is -2.57. The molecule has 3 aromatic rings. The van der Waals surface area contributed by atoms with Gasteiger partial charge in [0.15, 0.2) is 0 Å². The fourth-order valence-corrected chi connectivity index (χ4v) is 8.05. The highest BCUT2D eigenvalue weighted by Gasteiger charge is 2.47. The third-order valence-corrected chi connectivity index (χ3v) is 10.8. The molecule has 3 fully saturated rings. The van der Waals surface area contributed by atoms with Crippen LogP contribution in [-0.2, 0) is 35.2 Å². The normalized spacial score (nSPS) is 21.7. The predicted molar refractivity (Wildman–Crippen MR) is 174 cm³/mol. The summed E-state index contributed by atoms with van der Waals surface area (Å²) in [5.74, 6) is -0.930. The molecule has 52 heavy (non-hydrogen) atoms. The maximum Gasteiger partial charge on any atom is 0.416 e. The Labute approximate surface area is 295 Å². The molecule has 6 rings (SSSR count). The van der Waals surface area contributed by atoms with Gasteiger partial charge < -0.3 is 14.7 Å². The van der Waals surface area contributed by atoms with Gasteiger partial charge in [-0.15, -0.1) is 0 Å². The molecule has 0 unspecified atom stereocenters. The Hall–Kier alpha value is -4.07. The minimum Gasteiger partial charge on any atom is -0.342 e. The highest BCUT2D eigenvalue weighted by Crippen LogP contribution is 2.41. The van der Waals surface area contributed by atoms with Crippen molar-refractivity contribution in [2.24, 2.45) is 0 Å². The molecule has 0 spiro atoms. The summed E-state index contributed by atoms with van der Waals surface area (Å²) in [7, 11) is 0. The maximum atomic E-state index is 14.0. The number of rotatable bonds is 6. The van der Waals surface area contributed by atoms with Crippen LogP contribution in [0.4, 0.5) is 39.5 Å². The molecule has 0 N–H and O–H groups in total. The van der Waals surface area contributed by atoms with E-state index in [1.807, 2.05) is 35.2 Å². The Balaban J connectivity index is 1.27. The first kappa shape index (κ1) is 37.7. The molecule has 0 bridgehead atoms. The molecule has 3 heterocycles. The highest BCUT2D eigenvalue weighted by atomic mass is 19.4. The summed E-state index contributed by atoms with van der Waals surface area (Å²) in [6.45, 7) is 2.46. The van der Waals surface area contributed by atoms with E-state index < -0.39 is 58.1 Å². The fourth-order valence-electron chi connectivity index (χ4n) is 8.05. The highest BCUT2D eigenvalue weighted by molar-refractivity contribution is 5.95. The number of nitrogens with zero attached hydrogens (tertiary/aromatic N) is 3. The average molecular weight is 740 g/mol. The van der Waals surface area contributed by atoms with E-state index in [1.165, 1.54) is 17.0 Å². The maximum absolute atomic E-state index is 14.0. The van der Waals surface area contributed by atoms with Crippen molar-refractivity contribution in [3.8, 4) is 0 Å². The Bertz CT molecular complexity index is 1690. The lowest BCUT2D eigenvalue weighted by molar-refractivity contribution is -0.143. The Morgan fingerprint density at radius 2 is 1.23 bits per heavy atom. The van der Waals surface area contributed by atoms with E-state index in [2.05, 4.69) is 4.90 Å². The zero-order chi connectivity index (χ0) is 37.5. The molecule has 2 atom stereocenters. The molecule has 14 heteroatoms. The van der Waals surface area contributed by atoms with Crippen molar-refractivity contribution in [3.05, 3.63) is 106 Å². The molecular weight excluding hydrogens is 701 g/mol. The van der Waals surface area contributed by atoms with Crippen LogP contribution >= 0.6 is 0 Å². The predicted octanol–water partition coefficient (Wildman–Crippen LogP) is 8.62. The first-order valence-electron chi connectivity index (χ1n) is 17.3. The standard InChI is InChI=1S/C38H38F9N3O2/c39-36(40,41)28-10-8-25(9-11-28)20-32-24-31(12-17-50(32)33(51)26-21-29(37(42,43)44)23-30(22-26)38(45,46)47)48-18-13-35(14-19-48,27-6-2-1-3-7-27)34(52)49-15-4-5-16-49/h1-3,6-11,21-23,31-32H,4-5,12-20,24H2/t31-,32+/m0/s1. The molecule has 3 saturated heterocycles. The van der Waals surface area contributed by atoms with Crippen LogP contribution in [0.15, 0.2) is 72.8 Å². The zero-order valence-electron chi connectivity index (χ0n) is 28.1. The van der Waals surface area contributed by atoms with E-state index in [4.69, 9.17) is 0 Å². The number of alkyl halides is 9. The van der Waals surface area contributed by atoms with Gasteiger partial charge in [0.1, 0.15) is 0 Å². The van der Waals surface area contributed by atoms with Crippen LogP contribution < -0.4 is 0 Å². The zero-order valence-corrected chi connectivity index (χ0v) is 28.1. The summed E-state index contributed by atoms with van der Waals surface area (Å²) < 4.78 is 122. The summed E-state index contributed by atoms with van der Waals surface area (Å²) in [4.78, 5) is 33.3. The summed E-state index contributed by atoms with van der Waals surface area (Å²) >= 11 is 0. The third kappa shape index (κ3) is 7.96. The summed E-state index contributed by atoms with van der Waals surface area (Å²) in [6, 6.07) is 13.8. The number of benzene rings is 3. The van der Waals surface area contributed by atoms with Crippen molar-refractivity contribution in [1.82, 2.24) is 14.7 Å². The molecule has 3 aromatic carbocycles. The number of amides is 2. The van der Waals surface area contributed by atoms with Crippen LogP contribution in [0.25, 0.3) is 0 Å². The Kier molecular flexibility index (Phi) is 10.4. The van der Waals surface area contributed by atoms with Crippen LogP contribution in [0, 0.1) is 0 Å². The van der Waals surface area contributed by atoms with Crippen LogP contribution in [0.5, 0.6) is 0 Å². The summed E-state index contributed by atoms with van der Waals surface area (Å²) in [5, 5.41) is 0. The number of halogens is 9.